The van der Waals surface area contributed by atoms with E-state index in [0.29, 0.717) is 42.9 Å². The van der Waals surface area contributed by atoms with Gasteiger partial charge < -0.3 is 5.32 Å². The van der Waals surface area contributed by atoms with Crippen LogP contribution in [0, 0.1) is 0 Å². The van der Waals surface area contributed by atoms with Crippen LogP contribution >= 0.6 is 34.5 Å². The van der Waals surface area contributed by atoms with E-state index in [4.69, 9.17) is 23.2 Å². The number of anilines is 2. The molecular weight excluding hydrogens is 431 g/mol. The molecule has 0 bridgehead atoms. The molecular formula is C16H11Cl2F2N7S. The lowest BCUT2D eigenvalue weighted by Gasteiger charge is -2.06. The van der Waals surface area contributed by atoms with Gasteiger partial charge in [0, 0.05) is 34.1 Å². The molecule has 0 aliphatic rings. The summed E-state index contributed by atoms with van der Waals surface area (Å²) in [6, 6.07) is 8.53. The zero-order valence-electron chi connectivity index (χ0n) is 13.9. The van der Waals surface area contributed by atoms with E-state index in [2.05, 4.69) is 25.7 Å². The summed E-state index contributed by atoms with van der Waals surface area (Å²) in [6.45, 7) is -2.29. The molecule has 28 heavy (non-hydrogen) atoms. The Morgan fingerprint density at radius 1 is 1.04 bits per heavy atom. The summed E-state index contributed by atoms with van der Waals surface area (Å²) in [5, 5.41) is 21.2. The molecule has 7 nitrogen and oxygen atoms in total. The quantitative estimate of drug-likeness (QED) is 0.450. The van der Waals surface area contributed by atoms with Gasteiger partial charge in [-0.3, -0.25) is 4.68 Å². The smallest absolute Gasteiger partial charge is 0.313 e. The maximum atomic E-state index is 12.6. The molecule has 0 radical (unpaired) electrons. The minimum atomic E-state index is -2.70. The van der Waals surface area contributed by atoms with Crippen molar-refractivity contribution in [1.82, 2.24) is 29.8 Å². The fourth-order valence-electron chi connectivity index (χ4n) is 2.41. The minimum Gasteiger partial charge on any atom is -0.313 e. The number of alkyl halides is 2. The first-order chi connectivity index (χ1) is 13.5. The van der Waals surface area contributed by atoms with Crippen molar-refractivity contribution in [3.8, 4) is 10.7 Å². The van der Waals surface area contributed by atoms with Crippen LogP contribution in [0.4, 0.5) is 19.7 Å². The first-order valence-electron chi connectivity index (χ1n) is 7.90. The van der Waals surface area contributed by atoms with E-state index < -0.39 is 6.55 Å². The summed E-state index contributed by atoms with van der Waals surface area (Å²) < 4.78 is 27.5. The van der Waals surface area contributed by atoms with Crippen LogP contribution in [0.5, 0.6) is 0 Å². The molecule has 0 amide bonds. The molecule has 0 aliphatic carbocycles. The number of aromatic nitrogens is 6. The SMILES string of the molecule is FC(F)n1ccc(-c2nnc(Nc3ccn(Cc4c(Cl)cccc4Cl)n3)s2)n1. The van der Waals surface area contributed by atoms with Gasteiger partial charge in [0.25, 0.3) is 0 Å². The number of nitrogens with zero attached hydrogens (tertiary/aromatic N) is 6. The van der Waals surface area contributed by atoms with Gasteiger partial charge in [0.1, 0.15) is 5.69 Å². The van der Waals surface area contributed by atoms with Crippen LogP contribution in [0.1, 0.15) is 12.1 Å². The second kappa shape index (κ2) is 7.82. The molecule has 144 valence electrons. The molecule has 0 fully saturated rings. The number of halogens is 4. The van der Waals surface area contributed by atoms with Crippen molar-refractivity contribution >= 4 is 45.5 Å². The summed E-state index contributed by atoms with van der Waals surface area (Å²) in [4.78, 5) is 0. The summed E-state index contributed by atoms with van der Waals surface area (Å²) in [5.41, 5.74) is 1.10. The molecule has 1 aromatic carbocycles. The molecule has 3 aromatic heterocycles. The number of nitrogens with one attached hydrogen (secondary N) is 1. The standard InChI is InChI=1S/C16H11Cl2F2N7S/c17-10-2-1-3-11(18)9(10)8-26-6-5-13(25-26)21-16-23-22-14(28-16)12-4-7-27(24-12)15(19)20/h1-7,15H,8H2,(H,21,23,25). The van der Waals surface area contributed by atoms with Crippen LogP contribution in [-0.2, 0) is 6.54 Å². The van der Waals surface area contributed by atoms with Crippen molar-refractivity contribution in [2.75, 3.05) is 5.32 Å². The first-order valence-corrected chi connectivity index (χ1v) is 9.47. The number of hydrogen-bond donors (Lipinski definition) is 1. The average Bonchev–Trinajstić information content (AvgIpc) is 3.39. The van der Waals surface area contributed by atoms with Crippen molar-refractivity contribution in [1.29, 1.82) is 0 Å². The van der Waals surface area contributed by atoms with Gasteiger partial charge >= 0.3 is 6.55 Å². The molecule has 0 atom stereocenters. The molecule has 12 heteroatoms. The first kappa shape index (κ1) is 18.8. The highest BCUT2D eigenvalue weighted by Crippen LogP contribution is 2.28. The van der Waals surface area contributed by atoms with Crippen molar-refractivity contribution in [3.63, 3.8) is 0 Å². The second-order valence-electron chi connectivity index (χ2n) is 5.59. The van der Waals surface area contributed by atoms with Crippen LogP contribution in [0.2, 0.25) is 10.0 Å². The molecule has 4 aromatic rings. The summed E-state index contributed by atoms with van der Waals surface area (Å²) >= 11 is 13.6. The van der Waals surface area contributed by atoms with Gasteiger partial charge in [-0.2, -0.15) is 19.0 Å². The number of benzene rings is 1. The predicted molar refractivity (Wildman–Crippen MR) is 103 cm³/mol. The number of hydrogen-bond acceptors (Lipinski definition) is 6. The molecule has 0 unspecified atom stereocenters. The third-order valence-corrected chi connectivity index (χ3v) is 5.28. The van der Waals surface area contributed by atoms with E-state index >= 15 is 0 Å². The lowest BCUT2D eigenvalue weighted by Crippen LogP contribution is -2.02. The number of rotatable bonds is 6. The molecule has 3 heterocycles. The minimum absolute atomic E-state index is 0.324. The Bertz CT molecular complexity index is 1090. The molecule has 1 N–H and O–H groups in total. The largest absolute Gasteiger partial charge is 0.333 e. The molecule has 4 rings (SSSR count). The van der Waals surface area contributed by atoms with Crippen LogP contribution in [-0.4, -0.2) is 29.8 Å². The van der Waals surface area contributed by atoms with E-state index in [1.807, 2.05) is 0 Å². The van der Waals surface area contributed by atoms with Crippen LogP contribution in [0.25, 0.3) is 10.7 Å². The van der Waals surface area contributed by atoms with Gasteiger partial charge in [0.2, 0.25) is 5.13 Å². The van der Waals surface area contributed by atoms with Gasteiger partial charge in [-0.05, 0) is 18.2 Å². The maximum Gasteiger partial charge on any atom is 0.333 e. The maximum absolute atomic E-state index is 12.6. The highest BCUT2D eigenvalue weighted by molar-refractivity contribution is 7.18. The molecule has 0 saturated carbocycles. The van der Waals surface area contributed by atoms with Gasteiger partial charge in [0.15, 0.2) is 10.8 Å². The summed E-state index contributed by atoms with van der Waals surface area (Å²) in [6.07, 6.45) is 2.96. The zero-order chi connectivity index (χ0) is 19.7. The van der Waals surface area contributed by atoms with E-state index in [9.17, 15) is 8.78 Å². The second-order valence-corrected chi connectivity index (χ2v) is 7.39. The Morgan fingerprint density at radius 3 is 2.54 bits per heavy atom. The van der Waals surface area contributed by atoms with E-state index in [0.717, 1.165) is 5.56 Å². The lowest BCUT2D eigenvalue weighted by atomic mass is 10.2. The van der Waals surface area contributed by atoms with Crippen LogP contribution in [0.15, 0.2) is 42.7 Å². The monoisotopic (exact) mass is 441 g/mol. The van der Waals surface area contributed by atoms with Gasteiger partial charge in [-0.15, -0.1) is 10.2 Å². The molecule has 0 spiro atoms. The Hall–Kier alpha value is -2.56. The molecule has 0 aliphatic heterocycles. The normalized spacial score (nSPS) is 11.3. The van der Waals surface area contributed by atoms with Crippen molar-refractivity contribution in [3.05, 3.63) is 58.3 Å². The Labute approximate surface area is 171 Å². The Balaban J connectivity index is 1.46. The fraction of sp³-hybridized carbons (Fsp3) is 0.125. The predicted octanol–water partition coefficient (Wildman–Crippen LogP) is 5.09. The average molecular weight is 442 g/mol. The fourth-order valence-corrected chi connectivity index (χ4v) is 3.64. The summed E-state index contributed by atoms with van der Waals surface area (Å²) in [5.74, 6) is 0.545. The van der Waals surface area contributed by atoms with E-state index in [1.54, 1.807) is 35.1 Å². The summed E-state index contributed by atoms with van der Waals surface area (Å²) in [7, 11) is 0. The van der Waals surface area contributed by atoms with Crippen molar-refractivity contribution < 1.29 is 8.78 Å². The highest BCUT2D eigenvalue weighted by atomic mass is 35.5. The van der Waals surface area contributed by atoms with Gasteiger partial charge in [0.05, 0.1) is 6.54 Å². The highest BCUT2D eigenvalue weighted by Gasteiger charge is 2.14. The Kier molecular flexibility index (Phi) is 5.25. The Morgan fingerprint density at radius 2 is 1.82 bits per heavy atom. The lowest BCUT2D eigenvalue weighted by molar-refractivity contribution is 0.0568. The molecule has 0 saturated heterocycles. The van der Waals surface area contributed by atoms with E-state index in [-0.39, 0.29) is 0 Å². The van der Waals surface area contributed by atoms with Gasteiger partial charge in [-0.25, -0.2) is 4.68 Å². The van der Waals surface area contributed by atoms with Crippen molar-refractivity contribution in [2.24, 2.45) is 0 Å². The zero-order valence-corrected chi connectivity index (χ0v) is 16.3. The van der Waals surface area contributed by atoms with Crippen molar-refractivity contribution in [2.45, 2.75) is 13.1 Å². The van der Waals surface area contributed by atoms with Crippen LogP contribution < -0.4 is 5.32 Å². The van der Waals surface area contributed by atoms with E-state index in [1.165, 1.54) is 23.6 Å². The topological polar surface area (TPSA) is 73.5 Å². The third-order valence-electron chi connectivity index (χ3n) is 3.71. The van der Waals surface area contributed by atoms with Crippen LogP contribution in [0.3, 0.4) is 0 Å². The third kappa shape index (κ3) is 3.98. The van der Waals surface area contributed by atoms with Gasteiger partial charge in [-0.1, -0.05) is 40.6 Å².